The number of hydrogen-bond donors (Lipinski definition) is 0. The van der Waals surface area contributed by atoms with Gasteiger partial charge in [0.05, 0.1) is 12.1 Å². The van der Waals surface area contributed by atoms with Crippen molar-refractivity contribution < 1.29 is 0 Å². The van der Waals surface area contributed by atoms with Crippen LogP contribution in [0.4, 0.5) is 11.4 Å². The fourth-order valence-corrected chi connectivity index (χ4v) is 13.5. The van der Waals surface area contributed by atoms with Gasteiger partial charge in [-0.25, -0.2) is 0 Å². The Kier molecular flexibility index (Phi) is 11.4. The highest BCUT2D eigenvalue weighted by Gasteiger charge is 2.59. The molecule has 0 radical (unpaired) electrons. The summed E-state index contributed by atoms with van der Waals surface area (Å²) in [5.74, 6) is 1.91. The van der Waals surface area contributed by atoms with Crippen molar-refractivity contribution in [2.24, 2.45) is 22.7 Å². The van der Waals surface area contributed by atoms with Crippen molar-refractivity contribution in [3.8, 4) is 0 Å². The van der Waals surface area contributed by atoms with E-state index in [0.717, 1.165) is 6.42 Å². The van der Waals surface area contributed by atoms with Gasteiger partial charge in [0.25, 0.3) is 0 Å². The lowest BCUT2D eigenvalue weighted by Crippen LogP contribution is -2.65. The smallest absolute Gasteiger partial charge is 0.195 e. The number of rotatable bonds is 7. The van der Waals surface area contributed by atoms with Crippen LogP contribution in [0.3, 0.4) is 0 Å². The average molecular weight is 861 g/mol. The van der Waals surface area contributed by atoms with E-state index in [4.69, 9.17) is 0 Å². The minimum atomic E-state index is -0.143. The van der Waals surface area contributed by atoms with Crippen molar-refractivity contribution in [1.82, 2.24) is 0 Å². The van der Waals surface area contributed by atoms with Gasteiger partial charge in [-0.1, -0.05) is 203 Å². The number of nitrogens with zero attached hydrogens (tertiary/aromatic N) is 2. The van der Waals surface area contributed by atoms with Gasteiger partial charge in [-0.3, -0.25) is 0 Å². The van der Waals surface area contributed by atoms with Crippen molar-refractivity contribution in [3.63, 3.8) is 0 Å². The maximum absolute atomic E-state index is 2.98. The molecule has 2 nitrogen and oxygen atoms in total. The van der Waals surface area contributed by atoms with E-state index in [-0.39, 0.29) is 33.7 Å². The molecule has 2 heterocycles. The molecule has 5 aliphatic carbocycles. The molecule has 0 bridgehead atoms. The van der Waals surface area contributed by atoms with Crippen LogP contribution in [-0.4, -0.2) is 24.8 Å². The maximum atomic E-state index is 2.98. The minimum Gasteiger partial charge on any atom is -0.359 e. The Labute approximate surface area is 394 Å². The number of allylic oxidation sites excluding steroid dienone is 8. The molecule has 65 heavy (non-hydrogen) atoms. The summed E-state index contributed by atoms with van der Waals surface area (Å²) in [7, 11) is 0. The molecule has 10 rings (SSSR count). The Bertz CT molecular complexity index is 2500. The predicted molar refractivity (Wildman–Crippen MR) is 280 cm³/mol. The summed E-state index contributed by atoms with van der Waals surface area (Å²) < 4.78 is 0. The maximum Gasteiger partial charge on any atom is 0.195 e. The van der Waals surface area contributed by atoms with Crippen molar-refractivity contribution in [2.45, 2.75) is 168 Å². The summed E-state index contributed by atoms with van der Waals surface area (Å²) in [5, 5.41) is 0. The predicted octanol–water partition coefficient (Wildman–Crippen LogP) is 16.1. The quantitative estimate of drug-likeness (QED) is 0.172. The van der Waals surface area contributed by atoms with E-state index >= 15 is 0 Å². The van der Waals surface area contributed by atoms with Crippen molar-refractivity contribution in [2.75, 3.05) is 9.80 Å². The zero-order chi connectivity index (χ0) is 45.5. The number of fused-ring (bicyclic) bond motifs is 4. The topological polar surface area (TPSA) is 6.48 Å². The van der Waals surface area contributed by atoms with Gasteiger partial charge in [-0.15, -0.1) is 0 Å². The second-order valence-electron chi connectivity index (χ2n) is 24.3. The lowest BCUT2D eigenvalue weighted by Gasteiger charge is -2.61. The largest absolute Gasteiger partial charge is 0.359 e. The normalized spacial score (nSPS) is 27.2. The zero-order valence-electron chi connectivity index (χ0n) is 41.6. The van der Waals surface area contributed by atoms with Gasteiger partial charge in [-0.2, -0.15) is 0 Å². The third kappa shape index (κ3) is 7.93. The Morgan fingerprint density at radius 3 is 2.06 bits per heavy atom. The highest BCUT2D eigenvalue weighted by atomic mass is 15.2. The highest BCUT2D eigenvalue weighted by Crippen LogP contribution is 2.60. The monoisotopic (exact) mass is 861 g/mol. The van der Waals surface area contributed by atoms with Crippen LogP contribution in [0.5, 0.6) is 0 Å². The van der Waals surface area contributed by atoms with E-state index in [0.29, 0.717) is 36.2 Å². The summed E-state index contributed by atoms with van der Waals surface area (Å²) in [6.07, 6.45) is 35.1. The first-order valence-corrected chi connectivity index (χ1v) is 25.8. The SMILES string of the molecule is CC(C)(C)C1=CC2C(C=C1)B1C3=CC=C(C(C)(C)C4CC=CCC4)CC3N(c3cccc(C(C)(C)C)c3)C3C=C(C4CCCCC4)C=C(C13)N2c1cccc(C(C)(C)c2ccccc2)c1. The van der Waals surface area contributed by atoms with Crippen LogP contribution < -0.4 is 9.80 Å². The van der Waals surface area contributed by atoms with Crippen LogP contribution in [0.15, 0.2) is 161 Å². The van der Waals surface area contributed by atoms with Crippen molar-refractivity contribution >= 4 is 18.1 Å². The van der Waals surface area contributed by atoms with E-state index < -0.39 is 0 Å². The van der Waals surface area contributed by atoms with Crippen molar-refractivity contribution in [1.29, 1.82) is 0 Å². The first-order chi connectivity index (χ1) is 31.0. The Hall–Kier alpha value is -4.50. The van der Waals surface area contributed by atoms with Crippen LogP contribution in [0, 0.1) is 22.7 Å². The summed E-state index contributed by atoms with van der Waals surface area (Å²) in [6, 6.07) is 31.4. The molecule has 3 fully saturated rings. The first-order valence-electron chi connectivity index (χ1n) is 25.8. The first kappa shape index (κ1) is 44.3. The van der Waals surface area contributed by atoms with Gasteiger partial charge in [-0.05, 0) is 131 Å². The van der Waals surface area contributed by atoms with Gasteiger partial charge < -0.3 is 9.80 Å². The molecular weight excluding hydrogens is 784 g/mol. The van der Waals surface area contributed by atoms with Crippen LogP contribution in [-0.2, 0) is 10.8 Å². The second-order valence-corrected chi connectivity index (χ2v) is 24.3. The van der Waals surface area contributed by atoms with Gasteiger partial charge in [0.15, 0.2) is 6.71 Å². The van der Waals surface area contributed by atoms with Gasteiger partial charge in [0, 0.05) is 34.3 Å². The molecule has 6 unspecified atom stereocenters. The Morgan fingerprint density at radius 2 is 1.35 bits per heavy atom. The van der Waals surface area contributed by atoms with Gasteiger partial charge in [0.2, 0.25) is 0 Å². The molecule has 0 N–H and O–H groups in total. The van der Waals surface area contributed by atoms with Crippen LogP contribution in [0.2, 0.25) is 11.6 Å². The lowest BCUT2D eigenvalue weighted by atomic mass is 9.22. The summed E-state index contributed by atoms with van der Waals surface area (Å²) in [5.41, 5.74) is 14.9. The second kappa shape index (κ2) is 16.7. The average Bonchev–Trinajstić information content (AvgIpc) is 3.31. The Morgan fingerprint density at radius 1 is 0.646 bits per heavy atom. The summed E-state index contributed by atoms with van der Waals surface area (Å²) in [6.45, 7) is 24.7. The molecule has 3 aromatic carbocycles. The lowest BCUT2D eigenvalue weighted by molar-refractivity contribution is 0.235. The van der Waals surface area contributed by atoms with Crippen LogP contribution >= 0.6 is 0 Å². The molecule has 0 amide bonds. The Balaban J connectivity index is 1.20. The van der Waals surface area contributed by atoms with Crippen molar-refractivity contribution in [3.05, 3.63) is 178 Å². The molecule has 3 heteroatoms. The highest BCUT2D eigenvalue weighted by molar-refractivity contribution is 6.73. The summed E-state index contributed by atoms with van der Waals surface area (Å²) >= 11 is 0. The molecule has 338 valence electrons. The molecule has 0 spiro atoms. The summed E-state index contributed by atoms with van der Waals surface area (Å²) in [4.78, 5) is 5.86. The molecule has 2 aliphatic heterocycles. The zero-order valence-corrected chi connectivity index (χ0v) is 41.6. The van der Waals surface area contributed by atoms with Crippen LogP contribution in [0.1, 0.15) is 144 Å². The number of hydrogen-bond acceptors (Lipinski definition) is 2. The molecule has 2 saturated heterocycles. The standard InChI is InChI=1S/C62H77BN2/c1-59(2,3)46-28-20-30-50(38-46)64-55-41-49(62(9,10)45-26-18-13-19-27-45)33-35-53(55)63-52-34-32-47(60(4,5)6)40-54(52)65(57-37-43(36-56(64)58(57)63)42-22-14-11-15-23-42)51-31-21-29-48(39-51)61(7,8)44-24-16-12-17-25-44/h12-13,16-18,20-21,24-25,28-40,42,45,52,54-56,58H,11,14-15,19,22-23,26-27,41H2,1-10H3. The molecule has 6 atom stereocenters. The minimum absolute atomic E-state index is 0.0450. The van der Waals surface area contributed by atoms with E-state index in [1.807, 2.05) is 0 Å². The fraction of sp³-hybridized carbons (Fsp3) is 0.484. The molecule has 7 aliphatic rings. The number of anilines is 2. The van der Waals surface area contributed by atoms with E-state index in [1.165, 1.54) is 85.0 Å². The van der Waals surface area contributed by atoms with Gasteiger partial charge in [0.1, 0.15) is 0 Å². The van der Waals surface area contributed by atoms with Crippen LogP contribution in [0.25, 0.3) is 0 Å². The van der Waals surface area contributed by atoms with E-state index in [2.05, 4.69) is 213 Å². The fourth-order valence-electron chi connectivity index (χ4n) is 13.5. The molecule has 1 saturated carbocycles. The van der Waals surface area contributed by atoms with E-state index in [9.17, 15) is 0 Å². The van der Waals surface area contributed by atoms with E-state index in [1.54, 1.807) is 22.3 Å². The molecule has 3 aromatic rings. The number of benzene rings is 3. The third-order valence-electron chi connectivity index (χ3n) is 17.7. The molecular formula is C62H77BN2. The van der Waals surface area contributed by atoms with Gasteiger partial charge >= 0.3 is 0 Å². The molecule has 0 aromatic heterocycles. The third-order valence-corrected chi connectivity index (χ3v) is 17.7.